The minimum atomic E-state index is -0.433. The van der Waals surface area contributed by atoms with Crippen molar-refractivity contribution >= 4 is 16.8 Å². The van der Waals surface area contributed by atoms with Crippen molar-refractivity contribution in [2.45, 2.75) is 6.04 Å². The van der Waals surface area contributed by atoms with E-state index >= 15 is 0 Å². The zero-order valence-electron chi connectivity index (χ0n) is 11.3. The second kappa shape index (κ2) is 5.76. The summed E-state index contributed by atoms with van der Waals surface area (Å²) in [5.74, 6) is -0.243. The van der Waals surface area contributed by atoms with Gasteiger partial charge in [0.15, 0.2) is 0 Å². The lowest BCUT2D eigenvalue weighted by molar-refractivity contribution is 0.0917. The number of para-hydroxylation sites is 1. The highest BCUT2D eigenvalue weighted by Gasteiger charge is 2.17. The van der Waals surface area contributed by atoms with Crippen LogP contribution in [0.4, 0.5) is 0 Å². The van der Waals surface area contributed by atoms with Gasteiger partial charge in [0.1, 0.15) is 0 Å². The van der Waals surface area contributed by atoms with Gasteiger partial charge in [-0.2, -0.15) is 5.10 Å². The van der Waals surface area contributed by atoms with Gasteiger partial charge in [-0.05, 0) is 11.6 Å². The zero-order valence-corrected chi connectivity index (χ0v) is 11.3. The maximum Gasteiger partial charge on any atom is 0.254 e. The van der Waals surface area contributed by atoms with E-state index in [9.17, 15) is 9.90 Å². The fraction of sp³-hybridized carbons (Fsp3) is 0.125. The highest BCUT2D eigenvalue weighted by molar-refractivity contribution is 6.05. The lowest BCUT2D eigenvalue weighted by Gasteiger charge is -2.17. The van der Waals surface area contributed by atoms with Gasteiger partial charge in [-0.25, -0.2) is 0 Å². The summed E-state index contributed by atoms with van der Waals surface area (Å²) in [6.07, 6.45) is 1.67. The molecule has 0 saturated heterocycles. The molecule has 0 fully saturated rings. The van der Waals surface area contributed by atoms with Crippen LogP contribution in [0.25, 0.3) is 10.9 Å². The molecule has 1 aromatic heterocycles. The molecule has 0 aliphatic carbocycles. The van der Waals surface area contributed by atoms with E-state index in [-0.39, 0.29) is 12.5 Å². The van der Waals surface area contributed by atoms with Crippen molar-refractivity contribution in [3.05, 3.63) is 65.9 Å². The zero-order chi connectivity index (χ0) is 14.7. The van der Waals surface area contributed by atoms with Crippen LogP contribution in [0, 0.1) is 0 Å². The smallest absolute Gasteiger partial charge is 0.254 e. The number of fused-ring (bicyclic) bond motifs is 1. The molecule has 0 saturated carbocycles. The third kappa shape index (κ3) is 2.64. The molecule has 1 amide bonds. The Hall–Kier alpha value is -2.66. The largest absolute Gasteiger partial charge is 0.394 e. The third-order valence-electron chi connectivity index (χ3n) is 3.41. The van der Waals surface area contributed by atoms with Crippen LogP contribution in [0.2, 0.25) is 0 Å². The lowest BCUT2D eigenvalue weighted by atomic mass is 10.1. The topological polar surface area (TPSA) is 78.0 Å². The number of H-pyrrole nitrogens is 1. The molecule has 3 aromatic rings. The first-order chi connectivity index (χ1) is 10.3. The van der Waals surface area contributed by atoms with E-state index in [4.69, 9.17) is 0 Å². The normalized spacial score (nSPS) is 12.2. The minimum absolute atomic E-state index is 0.158. The van der Waals surface area contributed by atoms with Crippen LogP contribution in [0.3, 0.4) is 0 Å². The van der Waals surface area contributed by atoms with Crippen LogP contribution in [0.1, 0.15) is 22.0 Å². The highest BCUT2D eigenvalue weighted by Crippen LogP contribution is 2.18. The summed E-state index contributed by atoms with van der Waals surface area (Å²) >= 11 is 0. The summed E-state index contributed by atoms with van der Waals surface area (Å²) in [4.78, 5) is 12.4. The Balaban J connectivity index is 1.87. The first kappa shape index (κ1) is 13.3. The Morgan fingerprint density at radius 1 is 1.19 bits per heavy atom. The number of aliphatic hydroxyl groups excluding tert-OH is 1. The standard InChI is InChI=1S/C16H15N3O2/c20-10-14(11-5-2-1-3-6-11)18-16(21)13-8-4-7-12-9-17-19-15(12)13/h1-9,14,20H,10H2,(H,17,19)(H,18,21). The minimum Gasteiger partial charge on any atom is -0.394 e. The molecule has 1 heterocycles. The number of nitrogens with one attached hydrogen (secondary N) is 2. The predicted molar refractivity (Wildman–Crippen MR) is 79.8 cm³/mol. The van der Waals surface area contributed by atoms with E-state index in [0.29, 0.717) is 11.1 Å². The van der Waals surface area contributed by atoms with E-state index in [1.807, 2.05) is 42.5 Å². The number of aliphatic hydroxyl groups is 1. The molecule has 0 aliphatic rings. The summed E-state index contributed by atoms with van der Waals surface area (Å²) in [6, 6.07) is 14.4. The molecule has 0 aliphatic heterocycles. The number of aromatic nitrogens is 2. The van der Waals surface area contributed by atoms with Crippen molar-refractivity contribution in [2.24, 2.45) is 0 Å². The molecular weight excluding hydrogens is 266 g/mol. The molecule has 0 radical (unpaired) electrons. The fourth-order valence-electron chi connectivity index (χ4n) is 2.31. The molecule has 5 nitrogen and oxygen atoms in total. The number of benzene rings is 2. The Morgan fingerprint density at radius 2 is 2.00 bits per heavy atom. The van der Waals surface area contributed by atoms with Gasteiger partial charge < -0.3 is 10.4 Å². The number of rotatable bonds is 4. The molecule has 0 spiro atoms. The molecule has 21 heavy (non-hydrogen) atoms. The molecule has 3 N–H and O–H groups in total. The molecule has 2 aromatic carbocycles. The van der Waals surface area contributed by atoms with Crippen molar-refractivity contribution in [2.75, 3.05) is 6.61 Å². The quantitative estimate of drug-likeness (QED) is 0.684. The van der Waals surface area contributed by atoms with E-state index in [2.05, 4.69) is 15.5 Å². The Bertz CT molecular complexity index is 752. The van der Waals surface area contributed by atoms with Crippen molar-refractivity contribution in [3.8, 4) is 0 Å². The number of carbonyl (C=O) groups is 1. The van der Waals surface area contributed by atoms with Crippen molar-refractivity contribution < 1.29 is 9.90 Å². The van der Waals surface area contributed by atoms with Crippen molar-refractivity contribution in [1.29, 1.82) is 0 Å². The van der Waals surface area contributed by atoms with Gasteiger partial charge in [0.2, 0.25) is 0 Å². The number of aromatic amines is 1. The van der Waals surface area contributed by atoms with Crippen LogP contribution in [-0.4, -0.2) is 27.8 Å². The predicted octanol–water partition coefficient (Wildman–Crippen LogP) is 2.03. The van der Waals surface area contributed by atoms with Crippen LogP contribution >= 0.6 is 0 Å². The maximum absolute atomic E-state index is 12.4. The second-order valence-corrected chi connectivity index (χ2v) is 4.76. The molecule has 1 atom stereocenters. The van der Waals surface area contributed by atoms with Gasteiger partial charge in [-0.15, -0.1) is 0 Å². The maximum atomic E-state index is 12.4. The highest BCUT2D eigenvalue weighted by atomic mass is 16.3. The van der Waals surface area contributed by atoms with E-state index in [1.54, 1.807) is 12.3 Å². The van der Waals surface area contributed by atoms with E-state index in [0.717, 1.165) is 10.9 Å². The van der Waals surface area contributed by atoms with Gasteiger partial charge >= 0.3 is 0 Å². The van der Waals surface area contributed by atoms with Gasteiger partial charge in [0.25, 0.3) is 5.91 Å². The third-order valence-corrected chi connectivity index (χ3v) is 3.41. The van der Waals surface area contributed by atoms with E-state index < -0.39 is 6.04 Å². The fourth-order valence-corrected chi connectivity index (χ4v) is 2.31. The molecule has 5 heteroatoms. The summed E-state index contributed by atoms with van der Waals surface area (Å²) in [5.41, 5.74) is 2.07. The van der Waals surface area contributed by atoms with E-state index in [1.165, 1.54) is 0 Å². The van der Waals surface area contributed by atoms with Gasteiger partial charge in [0, 0.05) is 5.39 Å². The Kier molecular flexibility index (Phi) is 3.66. The number of carbonyl (C=O) groups excluding carboxylic acids is 1. The van der Waals surface area contributed by atoms with Crippen LogP contribution in [0.5, 0.6) is 0 Å². The van der Waals surface area contributed by atoms with Crippen LogP contribution in [0.15, 0.2) is 54.7 Å². The number of hydrogen-bond donors (Lipinski definition) is 3. The summed E-state index contributed by atoms with van der Waals surface area (Å²) < 4.78 is 0. The Morgan fingerprint density at radius 3 is 2.76 bits per heavy atom. The number of amides is 1. The average molecular weight is 281 g/mol. The first-order valence-electron chi connectivity index (χ1n) is 6.68. The SMILES string of the molecule is O=C(NC(CO)c1ccccc1)c1cccc2cn[nH]c12. The van der Waals surface area contributed by atoms with Crippen molar-refractivity contribution in [3.63, 3.8) is 0 Å². The van der Waals surface area contributed by atoms with Gasteiger partial charge in [-0.1, -0.05) is 42.5 Å². The Labute approximate surface area is 121 Å². The molecular formula is C16H15N3O2. The van der Waals surface area contributed by atoms with Crippen LogP contribution < -0.4 is 5.32 Å². The first-order valence-corrected chi connectivity index (χ1v) is 6.68. The van der Waals surface area contributed by atoms with Gasteiger partial charge in [-0.3, -0.25) is 9.89 Å². The molecule has 0 bridgehead atoms. The summed E-state index contributed by atoms with van der Waals surface area (Å²) in [5, 5.41) is 20.0. The summed E-state index contributed by atoms with van der Waals surface area (Å²) in [7, 11) is 0. The lowest BCUT2D eigenvalue weighted by Crippen LogP contribution is -2.30. The van der Waals surface area contributed by atoms with Gasteiger partial charge in [0.05, 0.1) is 29.9 Å². The number of hydrogen-bond acceptors (Lipinski definition) is 3. The second-order valence-electron chi connectivity index (χ2n) is 4.76. The van der Waals surface area contributed by atoms with Crippen LogP contribution in [-0.2, 0) is 0 Å². The number of nitrogens with zero attached hydrogens (tertiary/aromatic N) is 1. The summed E-state index contributed by atoms with van der Waals surface area (Å²) in [6.45, 7) is -0.158. The molecule has 3 rings (SSSR count). The van der Waals surface area contributed by atoms with Crippen molar-refractivity contribution in [1.82, 2.24) is 15.5 Å². The monoisotopic (exact) mass is 281 g/mol. The molecule has 1 unspecified atom stereocenters. The average Bonchev–Trinajstić information content (AvgIpc) is 3.01. The molecule has 106 valence electrons.